The number of hydrogen-bond acceptors (Lipinski definition) is 3. The van der Waals surface area contributed by atoms with Gasteiger partial charge in [0.15, 0.2) is 0 Å². The molecule has 0 aliphatic carbocycles. The highest BCUT2D eigenvalue weighted by atomic mass is 16.2. The standard InChI is InChI=1S/C18H27N3O/c1-11-6-5-9-20(11)15-7-8-17-16(10-15)18(19)12(2)13(3)21(17)14(4)22/h7-8,10-13,18H,5-6,9,19H2,1-4H3/t11?,12?,13-,18+/m0/s1. The summed E-state index contributed by atoms with van der Waals surface area (Å²) in [5.41, 5.74) is 9.82. The summed E-state index contributed by atoms with van der Waals surface area (Å²) in [5, 5.41) is 0. The molecule has 120 valence electrons. The van der Waals surface area contributed by atoms with E-state index < -0.39 is 0 Å². The fourth-order valence-corrected chi connectivity index (χ4v) is 4.02. The van der Waals surface area contributed by atoms with Gasteiger partial charge in [-0.05, 0) is 56.4 Å². The molecule has 2 aliphatic rings. The molecule has 1 aromatic carbocycles. The molecule has 1 saturated heterocycles. The Morgan fingerprint density at radius 2 is 2.00 bits per heavy atom. The molecular formula is C18H27N3O. The van der Waals surface area contributed by atoms with Crippen molar-refractivity contribution in [2.24, 2.45) is 11.7 Å². The van der Waals surface area contributed by atoms with E-state index >= 15 is 0 Å². The minimum atomic E-state index is -0.0153. The fourth-order valence-electron chi connectivity index (χ4n) is 4.02. The number of fused-ring (bicyclic) bond motifs is 1. The van der Waals surface area contributed by atoms with E-state index in [0.717, 1.165) is 17.8 Å². The number of carbonyl (C=O) groups excluding carboxylic acids is 1. The van der Waals surface area contributed by atoms with Crippen LogP contribution in [0.3, 0.4) is 0 Å². The number of anilines is 2. The number of carbonyl (C=O) groups is 1. The highest BCUT2D eigenvalue weighted by Gasteiger charge is 2.36. The Kier molecular flexibility index (Phi) is 3.89. The maximum atomic E-state index is 12.1. The maximum absolute atomic E-state index is 12.1. The van der Waals surface area contributed by atoms with E-state index in [-0.39, 0.29) is 23.9 Å². The molecule has 2 unspecified atom stereocenters. The summed E-state index contributed by atoms with van der Waals surface area (Å²) >= 11 is 0. The first-order valence-corrected chi connectivity index (χ1v) is 8.37. The van der Waals surface area contributed by atoms with E-state index in [1.54, 1.807) is 6.92 Å². The van der Waals surface area contributed by atoms with Crippen LogP contribution >= 0.6 is 0 Å². The molecule has 0 aromatic heterocycles. The molecule has 4 atom stereocenters. The van der Waals surface area contributed by atoms with Gasteiger partial charge in [0.1, 0.15) is 0 Å². The number of amides is 1. The van der Waals surface area contributed by atoms with Crippen LogP contribution in [0.4, 0.5) is 11.4 Å². The lowest BCUT2D eigenvalue weighted by Gasteiger charge is -2.42. The molecular weight excluding hydrogens is 274 g/mol. The Morgan fingerprint density at radius 1 is 1.27 bits per heavy atom. The van der Waals surface area contributed by atoms with Crippen molar-refractivity contribution in [2.75, 3.05) is 16.3 Å². The number of nitrogens with zero attached hydrogens (tertiary/aromatic N) is 2. The highest BCUT2D eigenvalue weighted by Crippen LogP contribution is 2.41. The molecule has 2 aliphatic heterocycles. The Bertz CT molecular complexity index is 586. The highest BCUT2D eigenvalue weighted by molar-refractivity contribution is 5.94. The van der Waals surface area contributed by atoms with Crippen molar-refractivity contribution in [1.29, 1.82) is 0 Å². The summed E-state index contributed by atoms with van der Waals surface area (Å²) in [6.07, 6.45) is 2.49. The Labute approximate surface area is 133 Å². The molecule has 0 radical (unpaired) electrons. The molecule has 0 bridgehead atoms. The minimum Gasteiger partial charge on any atom is -0.369 e. The third-order valence-electron chi connectivity index (χ3n) is 5.59. The lowest BCUT2D eigenvalue weighted by Crippen LogP contribution is -2.48. The van der Waals surface area contributed by atoms with Crippen LogP contribution in [0.1, 0.15) is 52.1 Å². The Balaban J connectivity index is 2.05. The third kappa shape index (κ3) is 2.30. The lowest BCUT2D eigenvalue weighted by atomic mass is 9.83. The molecule has 1 fully saturated rings. The molecule has 1 aromatic rings. The molecule has 4 nitrogen and oxygen atoms in total. The van der Waals surface area contributed by atoms with Gasteiger partial charge in [0.05, 0.1) is 0 Å². The largest absolute Gasteiger partial charge is 0.369 e. The smallest absolute Gasteiger partial charge is 0.224 e. The van der Waals surface area contributed by atoms with Gasteiger partial charge in [-0.2, -0.15) is 0 Å². The maximum Gasteiger partial charge on any atom is 0.224 e. The van der Waals surface area contributed by atoms with Crippen molar-refractivity contribution in [3.8, 4) is 0 Å². The summed E-state index contributed by atoms with van der Waals surface area (Å²) in [6, 6.07) is 7.14. The van der Waals surface area contributed by atoms with Crippen LogP contribution in [0.2, 0.25) is 0 Å². The molecule has 0 saturated carbocycles. The first-order valence-electron chi connectivity index (χ1n) is 8.37. The van der Waals surface area contributed by atoms with E-state index in [1.165, 1.54) is 18.5 Å². The molecule has 0 spiro atoms. The number of rotatable bonds is 1. The van der Waals surface area contributed by atoms with Gasteiger partial charge in [0.25, 0.3) is 0 Å². The zero-order valence-electron chi connectivity index (χ0n) is 14.0. The molecule has 4 heteroatoms. The average Bonchev–Trinajstić information content (AvgIpc) is 2.91. The first-order chi connectivity index (χ1) is 10.4. The van der Waals surface area contributed by atoms with Crippen molar-refractivity contribution < 1.29 is 4.79 Å². The molecule has 2 heterocycles. The van der Waals surface area contributed by atoms with Gasteiger partial charge in [-0.15, -0.1) is 0 Å². The van der Waals surface area contributed by atoms with Crippen LogP contribution in [-0.4, -0.2) is 24.5 Å². The summed E-state index contributed by atoms with van der Waals surface area (Å²) < 4.78 is 0. The van der Waals surface area contributed by atoms with Crippen LogP contribution in [0.15, 0.2) is 18.2 Å². The first kappa shape index (κ1) is 15.3. The molecule has 3 rings (SSSR count). The van der Waals surface area contributed by atoms with Gasteiger partial charge in [-0.1, -0.05) is 6.92 Å². The number of nitrogens with two attached hydrogens (primary N) is 1. The van der Waals surface area contributed by atoms with Crippen LogP contribution < -0.4 is 15.5 Å². The van der Waals surface area contributed by atoms with Crippen molar-refractivity contribution in [3.63, 3.8) is 0 Å². The van der Waals surface area contributed by atoms with Crippen molar-refractivity contribution in [1.82, 2.24) is 0 Å². The fraction of sp³-hybridized carbons (Fsp3) is 0.611. The topological polar surface area (TPSA) is 49.6 Å². The van der Waals surface area contributed by atoms with Crippen molar-refractivity contribution >= 4 is 17.3 Å². The zero-order chi connectivity index (χ0) is 16.0. The van der Waals surface area contributed by atoms with Crippen LogP contribution in [0.5, 0.6) is 0 Å². The summed E-state index contributed by atoms with van der Waals surface area (Å²) in [7, 11) is 0. The normalized spacial score (nSPS) is 31.3. The van der Waals surface area contributed by atoms with Crippen LogP contribution in [0, 0.1) is 5.92 Å². The second-order valence-corrected chi connectivity index (χ2v) is 6.94. The predicted molar refractivity (Wildman–Crippen MR) is 91.2 cm³/mol. The SMILES string of the molecule is CC(=O)N1c2ccc(N3CCCC3C)cc2[C@H](N)C(C)[C@@H]1C. The van der Waals surface area contributed by atoms with Gasteiger partial charge in [0, 0.05) is 43.0 Å². The predicted octanol–water partition coefficient (Wildman–Crippen LogP) is 3.07. The molecule has 1 amide bonds. The number of benzene rings is 1. The average molecular weight is 301 g/mol. The lowest BCUT2D eigenvalue weighted by molar-refractivity contribution is -0.117. The van der Waals surface area contributed by atoms with Gasteiger partial charge in [-0.25, -0.2) is 0 Å². The van der Waals surface area contributed by atoms with E-state index in [2.05, 4.69) is 43.9 Å². The van der Waals surface area contributed by atoms with E-state index in [0.29, 0.717) is 6.04 Å². The van der Waals surface area contributed by atoms with Crippen molar-refractivity contribution in [2.45, 2.75) is 58.7 Å². The summed E-state index contributed by atoms with van der Waals surface area (Å²) in [4.78, 5) is 16.4. The van der Waals surface area contributed by atoms with Gasteiger partial charge < -0.3 is 15.5 Å². The quantitative estimate of drug-likeness (QED) is 0.867. The van der Waals surface area contributed by atoms with Crippen LogP contribution in [0.25, 0.3) is 0 Å². The van der Waals surface area contributed by atoms with Gasteiger partial charge in [-0.3, -0.25) is 4.79 Å². The minimum absolute atomic E-state index is 0.0153. The van der Waals surface area contributed by atoms with Gasteiger partial charge >= 0.3 is 0 Å². The van der Waals surface area contributed by atoms with Crippen LogP contribution in [-0.2, 0) is 4.79 Å². The summed E-state index contributed by atoms with van der Waals surface area (Å²) in [5.74, 6) is 0.345. The molecule has 2 N–H and O–H groups in total. The zero-order valence-corrected chi connectivity index (χ0v) is 14.0. The summed E-state index contributed by atoms with van der Waals surface area (Å²) in [6.45, 7) is 9.25. The monoisotopic (exact) mass is 301 g/mol. The Morgan fingerprint density at radius 3 is 2.59 bits per heavy atom. The van der Waals surface area contributed by atoms with E-state index in [9.17, 15) is 4.79 Å². The van der Waals surface area contributed by atoms with Gasteiger partial charge in [0.2, 0.25) is 5.91 Å². The second-order valence-electron chi connectivity index (χ2n) is 6.94. The molecule has 22 heavy (non-hydrogen) atoms. The number of hydrogen-bond donors (Lipinski definition) is 1. The second kappa shape index (κ2) is 5.58. The van der Waals surface area contributed by atoms with Crippen molar-refractivity contribution in [3.05, 3.63) is 23.8 Å². The third-order valence-corrected chi connectivity index (χ3v) is 5.59. The Hall–Kier alpha value is -1.55. The van der Waals surface area contributed by atoms with E-state index in [4.69, 9.17) is 5.73 Å². The van der Waals surface area contributed by atoms with E-state index in [1.807, 2.05) is 4.90 Å².